The first-order valence-corrected chi connectivity index (χ1v) is 6.37. The lowest BCUT2D eigenvalue weighted by molar-refractivity contribution is -0.0502. The van der Waals surface area contributed by atoms with Crippen LogP contribution in [-0.2, 0) is 16.3 Å². The van der Waals surface area contributed by atoms with Crippen LogP contribution in [0.4, 0.5) is 8.78 Å². The quantitative estimate of drug-likeness (QED) is 0.816. The maximum atomic E-state index is 11.9. The first kappa shape index (κ1) is 12.8. The number of nitrogens with zero attached hydrogens (tertiary/aromatic N) is 1. The minimum atomic E-state index is -3.49. The Morgan fingerprint density at radius 3 is 2.56 bits per heavy atom. The molecule has 0 amide bonds. The summed E-state index contributed by atoms with van der Waals surface area (Å²) in [7, 11) is -3.49. The summed E-state index contributed by atoms with van der Waals surface area (Å²) in [4.78, 5) is 3.70. The Labute approximate surface area is 92.2 Å². The van der Waals surface area contributed by atoms with E-state index in [4.69, 9.17) is 0 Å². The highest BCUT2D eigenvalue weighted by atomic mass is 32.2. The van der Waals surface area contributed by atoms with Gasteiger partial charge in [-0.15, -0.1) is 0 Å². The molecule has 1 rings (SSSR count). The summed E-state index contributed by atoms with van der Waals surface area (Å²) in [5.74, 6) is -0.257. The van der Waals surface area contributed by atoms with Crippen LogP contribution in [0.15, 0.2) is 17.2 Å². The topological polar surface area (TPSA) is 56.3 Å². The van der Waals surface area contributed by atoms with Gasteiger partial charge in [-0.2, -0.15) is 8.78 Å². The maximum absolute atomic E-state index is 11.9. The third-order valence-electron chi connectivity index (χ3n) is 1.86. The van der Waals surface area contributed by atoms with Crippen LogP contribution in [-0.4, -0.2) is 26.3 Å². The van der Waals surface area contributed by atoms with E-state index in [1.54, 1.807) is 6.92 Å². The largest absolute Gasteiger partial charge is 0.433 e. The molecule has 7 heteroatoms. The summed E-state index contributed by atoms with van der Waals surface area (Å²) in [6.07, 6.45) is 2.48. The highest BCUT2D eigenvalue weighted by Crippen LogP contribution is 2.21. The van der Waals surface area contributed by atoms with Gasteiger partial charge < -0.3 is 4.74 Å². The van der Waals surface area contributed by atoms with Gasteiger partial charge in [0, 0.05) is 12.3 Å². The molecule has 0 saturated carbocycles. The number of pyridine rings is 1. The van der Waals surface area contributed by atoms with Gasteiger partial charge in [0.25, 0.3) is 0 Å². The molecule has 0 aliphatic heterocycles. The first-order chi connectivity index (χ1) is 7.34. The standard InChI is InChI=1S/C9H11F2NO3S/c1-3-7-8(16(2,13)14)4-6(5-12-7)15-9(10)11/h4-5,9H,3H2,1-2H3. The molecule has 1 heterocycles. The van der Waals surface area contributed by atoms with Crippen LogP contribution in [0.1, 0.15) is 12.6 Å². The number of aryl methyl sites for hydroxylation is 1. The van der Waals surface area contributed by atoms with E-state index < -0.39 is 16.4 Å². The van der Waals surface area contributed by atoms with E-state index in [2.05, 4.69) is 9.72 Å². The molecular formula is C9H11F2NO3S. The van der Waals surface area contributed by atoms with Crippen LogP contribution in [0.2, 0.25) is 0 Å². The van der Waals surface area contributed by atoms with Crippen molar-refractivity contribution in [2.45, 2.75) is 24.9 Å². The molecule has 0 atom stereocenters. The Hall–Kier alpha value is -1.24. The highest BCUT2D eigenvalue weighted by molar-refractivity contribution is 7.90. The van der Waals surface area contributed by atoms with Crippen LogP contribution >= 0.6 is 0 Å². The fourth-order valence-corrected chi connectivity index (χ4v) is 2.16. The van der Waals surface area contributed by atoms with Crippen molar-refractivity contribution in [3.05, 3.63) is 18.0 Å². The normalized spacial score (nSPS) is 11.8. The van der Waals surface area contributed by atoms with E-state index in [0.717, 1.165) is 18.5 Å². The molecule has 0 saturated heterocycles. The molecule has 0 bridgehead atoms. The summed E-state index contributed by atoms with van der Waals surface area (Å²) in [6, 6.07) is 1.06. The second-order valence-electron chi connectivity index (χ2n) is 3.12. The predicted octanol–water partition coefficient (Wildman–Crippen LogP) is 1.65. The molecule has 1 aromatic heterocycles. The lowest BCUT2D eigenvalue weighted by atomic mass is 10.3. The van der Waals surface area contributed by atoms with Crippen molar-refractivity contribution in [1.29, 1.82) is 0 Å². The second kappa shape index (κ2) is 4.73. The van der Waals surface area contributed by atoms with Gasteiger partial charge in [-0.05, 0) is 6.42 Å². The Kier molecular flexibility index (Phi) is 3.79. The van der Waals surface area contributed by atoms with Crippen LogP contribution in [0.3, 0.4) is 0 Å². The van der Waals surface area contributed by atoms with Crippen LogP contribution in [0, 0.1) is 0 Å². The highest BCUT2D eigenvalue weighted by Gasteiger charge is 2.16. The van der Waals surface area contributed by atoms with E-state index in [1.807, 2.05) is 0 Å². The number of hydrogen-bond acceptors (Lipinski definition) is 4. The van der Waals surface area contributed by atoms with Gasteiger partial charge in [-0.25, -0.2) is 8.42 Å². The molecule has 1 aromatic rings. The lowest BCUT2D eigenvalue weighted by Crippen LogP contribution is -2.07. The lowest BCUT2D eigenvalue weighted by Gasteiger charge is -2.08. The molecule has 0 radical (unpaired) electrons. The molecule has 0 unspecified atom stereocenters. The van der Waals surface area contributed by atoms with Crippen molar-refractivity contribution in [3.63, 3.8) is 0 Å². The molecule has 90 valence electrons. The summed E-state index contributed by atoms with van der Waals surface area (Å²) in [5.41, 5.74) is 0.337. The Morgan fingerprint density at radius 2 is 2.12 bits per heavy atom. The smallest absolute Gasteiger partial charge is 0.387 e. The minimum Gasteiger partial charge on any atom is -0.433 e. The molecule has 0 aromatic carbocycles. The number of halogens is 2. The van der Waals surface area contributed by atoms with Gasteiger partial charge in [-0.3, -0.25) is 4.98 Å². The number of sulfone groups is 1. The number of aromatic nitrogens is 1. The molecule has 0 spiro atoms. The van der Waals surface area contributed by atoms with Crippen molar-refractivity contribution in [1.82, 2.24) is 4.98 Å². The van der Waals surface area contributed by atoms with Gasteiger partial charge in [0.05, 0.1) is 16.8 Å². The third kappa shape index (κ3) is 3.13. The van der Waals surface area contributed by atoms with Crippen LogP contribution in [0.25, 0.3) is 0 Å². The van der Waals surface area contributed by atoms with Crippen LogP contribution in [0.5, 0.6) is 5.75 Å². The molecule has 4 nitrogen and oxygen atoms in total. The molecule has 0 fully saturated rings. The van der Waals surface area contributed by atoms with Crippen molar-refractivity contribution < 1.29 is 21.9 Å². The average molecular weight is 251 g/mol. The van der Waals surface area contributed by atoms with Gasteiger partial charge in [-0.1, -0.05) is 6.92 Å². The monoisotopic (exact) mass is 251 g/mol. The van der Waals surface area contributed by atoms with E-state index >= 15 is 0 Å². The van der Waals surface area contributed by atoms with E-state index in [1.165, 1.54) is 0 Å². The molecule has 16 heavy (non-hydrogen) atoms. The van der Waals surface area contributed by atoms with Crippen LogP contribution < -0.4 is 4.74 Å². The zero-order valence-corrected chi connectivity index (χ0v) is 9.59. The zero-order valence-electron chi connectivity index (χ0n) is 8.78. The van der Waals surface area contributed by atoms with E-state index in [0.29, 0.717) is 12.1 Å². The van der Waals surface area contributed by atoms with Gasteiger partial charge in [0.15, 0.2) is 9.84 Å². The number of hydrogen-bond donors (Lipinski definition) is 0. The van der Waals surface area contributed by atoms with Crippen molar-refractivity contribution in [2.75, 3.05) is 6.26 Å². The number of ether oxygens (including phenoxy) is 1. The molecular weight excluding hydrogens is 240 g/mol. The molecule has 0 N–H and O–H groups in total. The summed E-state index contributed by atoms with van der Waals surface area (Å²) in [5, 5.41) is 0. The van der Waals surface area contributed by atoms with E-state index in [9.17, 15) is 17.2 Å². The summed E-state index contributed by atoms with van der Waals surface area (Å²) >= 11 is 0. The first-order valence-electron chi connectivity index (χ1n) is 4.48. The van der Waals surface area contributed by atoms with E-state index in [-0.39, 0.29) is 10.6 Å². The van der Waals surface area contributed by atoms with Gasteiger partial charge >= 0.3 is 6.61 Å². The summed E-state index contributed by atoms with van der Waals surface area (Å²) < 4.78 is 50.7. The maximum Gasteiger partial charge on any atom is 0.387 e. The Balaban J connectivity index is 3.22. The fourth-order valence-electron chi connectivity index (χ4n) is 1.21. The van der Waals surface area contributed by atoms with Crippen molar-refractivity contribution in [3.8, 4) is 5.75 Å². The number of alkyl halides is 2. The van der Waals surface area contributed by atoms with Crippen molar-refractivity contribution in [2.24, 2.45) is 0 Å². The van der Waals surface area contributed by atoms with Gasteiger partial charge in [0.2, 0.25) is 0 Å². The Morgan fingerprint density at radius 1 is 1.50 bits per heavy atom. The summed E-state index contributed by atoms with van der Waals surface area (Å²) in [6.45, 7) is -1.27. The van der Waals surface area contributed by atoms with Gasteiger partial charge in [0.1, 0.15) is 5.75 Å². The molecule has 0 aliphatic carbocycles. The zero-order chi connectivity index (χ0) is 12.3. The van der Waals surface area contributed by atoms with Crippen molar-refractivity contribution >= 4 is 9.84 Å². The second-order valence-corrected chi connectivity index (χ2v) is 5.10. The minimum absolute atomic E-state index is 0.0758. The molecule has 0 aliphatic rings. The number of rotatable bonds is 4. The average Bonchev–Trinajstić information content (AvgIpc) is 2.15. The Bertz CT molecular complexity index is 474. The SMILES string of the molecule is CCc1ncc(OC(F)F)cc1S(C)(=O)=O. The fraction of sp³-hybridized carbons (Fsp3) is 0.444. The predicted molar refractivity (Wildman–Crippen MR) is 53.4 cm³/mol. The third-order valence-corrected chi connectivity index (χ3v) is 3.02.